The molecule has 4 nitrogen and oxygen atoms in total. The Hall–Kier alpha value is -0.260. The Morgan fingerprint density at radius 1 is 1.67 bits per heavy atom. The Morgan fingerprint density at radius 3 is 3.13 bits per heavy atom. The van der Waals surface area contributed by atoms with Crippen molar-refractivity contribution in [1.29, 1.82) is 0 Å². The predicted octanol–water partition coefficient (Wildman–Crippen LogP) is 0.915. The molecule has 0 saturated carbocycles. The number of rotatable bonds is 6. The van der Waals surface area contributed by atoms with Gasteiger partial charge in [0.2, 0.25) is 0 Å². The van der Waals surface area contributed by atoms with Crippen LogP contribution in [0.15, 0.2) is 0 Å². The van der Waals surface area contributed by atoms with Crippen molar-refractivity contribution in [3.63, 3.8) is 0 Å². The van der Waals surface area contributed by atoms with Gasteiger partial charge in [0, 0.05) is 37.8 Å². The van der Waals surface area contributed by atoms with E-state index in [0.717, 1.165) is 38.5 Å². The van der Waals surface area contributed by atoms with Gasteiger partial charge in [-0.1, -0.05) is 0 Å². The van der Waals surface area contributed by atoms with E-state index in [1.807, 2.05) is 6.92 Å². The molecule has 0 aromatic heterocycles. The van der Waals surface area contributed by atoms with E-state index in [1.165, 1.54) is 0 Å². The van der Waals surface area contributed by atoms with E-state index in [1.54, 1.807) is 11.8 Å². The Kier molecular flexibility index (Phi) is 6.05. The first kappa shape index (κ1) is 12.8. The summed E-state index contributed by atoms with van der Waals surface area (Å²) >= 11 is 1.73. The van der Waals surface area contributed by atoms with Gasteiger partial charge >= 0.3 is 5.97 Å². The standard InChI is InChI=1S/C10H19NO3S/c1-2-14-6-3-4-11-5-7-15-8-9(11)10(12)13/h9H,2-8H2,1H3,(H,12,13). The molecule has 1 unspecified atom stereocenters. The highest BCUT2D eigenvalue weighted by atomic mass is 32.2. The van der Waals surface area contributed by atoms with Crippen molar-refractivity contribution >= 4 is 17.7 Å². The van der Waals surface area contributed by atoms with Gasteiger partial charge in [-0.2, -0.15) is 11.8 Å². The molecule has 1 aliphatic rings. The lowest BCUT2D eigenvalue weighted by atomic mass is 10.2. The minimum atomic E-state index is -0.696. The SMILES string of the molecule is CCOCCCN1CCSCC1C(=O)O. The lowest BCUT2D eigenvalue weighted by Gasteiger charge is -2.32. The molecule has 0 aliphatic carbocycles. The van der Waals surface area contributed by atoms with Crippen molar-refractivity contribution in [2.24, 2.45) is 0 Å². The van der Waals surface area contributed by atoms with Gasteiger partial charge in [0.05, 0.1) is 0 Å². The molecule has 1 atom stereocenters. The zero-order valence-electron chi connectivity index (χ0n) is 9.15. The largest absolute Gasteiger partial charge is 0.480 e. The second-order valence-corrected chi connectivity index (χ2v) is 4.67. The number of aliphatic carboxylic acids is 1. The van der Waals surface area contributed by atoms with E-state index in [2.05, 4.69) is 4.90 Å². The van der Waals surface area contributed by atoms with Crippen molar-refractivity contribution in [2.45, 2.75) is 19.4 Å². The number of carboxylic acid groups (broad SMARTS) is 1. The summed E-state index contributed by atoms with van der Waals surface area (Å²) in [6.07, 6.45) is 0.919. The summed E-state index contributed by atoms with van der Waals surface area (Å²) in [5.41, 5.74) is 0. The van der Waals surface area contributed by atoms with Crippen molar-refractivity contribution in [3.8, 4) is 0 Å². The van der Waals surface area contributed by atoms with Gasteiger partial charge < -0.3 is 9.84 Å². The number of nitrogens with zero attached hydrogens (tertiary/aromatic N) is 1. The topological polar surface area (TPSA) is 49.8 Å². The summed E-state index contributed by atoms with van der Waals surface area (Å²) < 4.78 is 5.24. The van der Waals surface area contributed by atoms with Crippen LogP contribution in [0.2, 0.25) is 0 Å². The minimum absolute atomic E-state index is 0.301. The second kappa shape index (κ2) is 7.09. The smallest absolute Gasteiger partial charge is 0.321 e. The first-order valence-corrected chi connectivity index (χ1v) is 6.53. The molecule has 15 heavy (non-hydrogen) atoms. The third kappa shape index (κ3) is 4.40. The Labute approximate surface area is 95.0 Å². The normalized spacial score (nSPS) is 22.9. The molecule has 0 aromatic rings. The number of thioether (sulfide) groups is 1. The Morgan fingerprint density at radius 2 is 2.47 bits per heavy atom. The maximum atomic E-state index is 11.0. The van der Waals surface area contributed by atoms with Crippen LogP contribution in [0.4, 0.5) is 0 Å². The molecule has 1 fully saturated rings. The molecule has 0 bridgehead atoms. The van der Waals surface area contributed by atoms with Crippen molar-refractivity contribution in [2.75, 3.05) is 37.8 Å². The molecular formula is C10H19NO3S. The van der Waals surface area contributed by atoms with Crippen LogP contribution in [0.3, 0.4) is 0 Å². The first-order valence-electron chi connectivity index (χ1n) is 5.38. The van der Waals surface area contributed by atoms with Gasteiger partial charge in [0.1, 0.15) is 6.04 Å². The van der Waals surface area contributed by atoms with Crippen LogP contribution in [-0.2, 0) is 9.53 Å². The van der Waals surface area contributed by atoms with E-state index < -0.39 is 5.97 Å². The molecule has 1 heterocycles. The molecule has 1 aliphatic heterocycles. The van der Waals surface area contributed by atoms with Gasteiger partial charge in [-0.05, 0) is 13.3 Å². The summed E-state index contributed by atoms with van der Waals surface area (Å²) in [6.45, 7) is 5.15. The summed E-state index contributed by atoms with van der Waals surface area (Å²) in [5.74, 6) is 1.06. The molecule has 1 saturated heterocycles. The first-order chi connectivity index (χ1) is 7.25. The Balaban J connectivity index is 2.26. The van der Waals surface area contributed by atoms with Gasteiger partial charge in [-0.3, -0.25) is 9.69 Å². The molecule has 1 rings (SSSR count). The highest BCUT2D eigenvalue weighted by molar-refractivity contribution is 7.99. The zero-order valence-corrected chi connectivity index (χ0v) is 9.96. The summed E-state index contributed by atoms with van der Waals surface area (Å²) in [4.78, 5) is 13.0. The molecular weight excluding hydrogens is 214 g/mol. The van der Waals surface area contributed by atoms with Crippen LogP contribution in [0.5, 0.6) is 0 Å². The molecule has 0 amide bonds. The van der Waals surface area contributed by atoms with Gasteiger partial charge in [-0.15, -0.1) is 0 Å². The fourth-order valence-electron chi connectivity index (χ4n) is 1.65. The number of ether oxygens (including phenoxy) is 1. The number of hydrogen-bond acceptors (Lipinski definition) is 4. The van der Waals surface area contributed by atoms with E-state index in [0.29, 0.717) is 5.75 Å². The number of carboxylic acids is 1. The van der Waals surface area contributed by atoms with Crippen LogP contribution in [-0.4, -0.2) is 59.8 Å². The number of carbonyl (C=O) groups is 1. The minimum Gasteiger partial charge on any atom is -0.480 e. The van der Waals surface area contributed by atoms with Crippen molar-refractivity contribution < 1.29 is 14.6 Å². The highest BCUT2D eigenvalue weighted by Crippen LogP contribution is 2.16. The lowest BCUT2D eigenvalue weighted by Crippen LogP contribution is -2.47. The molecule has 0 aromatic carbocycles. The summed E-state index contributed by atoms with van der Waals surface area (Å²) in [6, 6.07) is -0.301. The third-order valence-corrected chi connectivity index (χ3v) is 3.49. The number of hydrogen-bond donors (Lipinski definition) is 1. The Bertz CT molecular complexity index is 201. The van der Waals surface area contributed by atoms with Crippen LogP contribution in [0.25, 0.3) is 0 Å². The predicted molar refractivity (Wildman–Crippen MR) is 61.4 cm³/mol. The second-order valence-electron chi connectivity index (χ2n) is 3.52. The van der Waals surface area contributed by atoms with E-state index in [-0.39, 0.29) is 6.04 Å². The maximum Gasteiger partial charge on any atom is 0.321 e. The highest BCUT2D eigenvalue weighted by Gasteiger charge is 2.27. The molecule has 0 radical (unpaired) electrons. The summed E-state index contributed by atoms with van der Waals surface area (Å²) in [7, 11) is 0. The monoisotopic (exact) mass is 233 g/mol. The molecule has 1 N–H and O–H groups in total. The maximum absolute atomic E-state index is 11.0. The average molecular weight is 233 g/mol. The molecule has 88 valence electrons. The third-order valence-electron chi connectivity index (χ3n) is 2.46. The van der Waals surface area contributed by atoms with E-state index in [4.69, 9.17) is 9.84 Å². The van der Waals surface area contributed by atoms with Gasteiger partial charge in [-0.25, -0.2) is 0 Å². The fraction of sp³-hybridized carbons (Fsp3) is 0.900. The van der Waals surface area contributed by atoms with Gasteiger partial charge in [0.15, 0.2) is 0 Å². The average Bonchev–Trinajstić information content (AvgIpc) is 2.25. The quantitative estimate of drug-likeness (QED) is 0.691. The zero-order chi connectivity index (χ0) is 11.1. The van der Waals surface area contributed by atoms with Crippen LogP contribution in [0, 0.1) is 0 Å². The van der Waals surface area contributed by atoms with Gasteiger partial charge in [0.25, 0.3) is 0 Å². The van der Waals surface area contributed by atoms with E-state index in [9.17, 15) is 4.79 Å². The van der Waals surface area contributed by atoms with Crippen molar-refractivity contribution in [3.05, 3.63) is 0 Å². The molecule has 0 spiro atoms. The van der Waals surface area contributed by atoms with Crippen molar-refractivity contribution in [1.82, 2.24) is 4.90 Å². The van der Waals surface area contributed by atoms with Crippen LogP contribution >= 0.6 is 11.8 Å². The lowest BCUT2D eigenvalue weighted by molar-refractivity contribution is -0.142. The van der Waals surface area contributed by atoms with Crippen LogP contribution in [0.1, 0.15) is 13.3 Å². The fourth-order valence-corrected chi connectivity index (χ4v) is 2.75. The van der Waals surface area contributed by atoms with Crippen LogP contribution < -0.4 is 0 Å². The van der Waals surface area contributed by atoms with E-state index >= 15 is 0 Å². The molecule has 5 heteroatoms. The summed E-state index contributed by atoms with van der Waals surface area (Å²) in [5, 5.41) is 9.03.